The van der Waals surface area contributed by atoms with Crippen molar-refractivity contribution in [3.05, 3.63) is 52.0 Å². The molecule has 0 aliphatic heterocycles. The second kappa shape index (κ2) is 6.22. The summed E-state index contributed by atoms with van der Waals surface area (Å²) in [5.74, 6) is 1.09. The summed E-state index contributed by atoms with van der Waals surface area (Å²) < 4.78 is 7.72. The van der Waals surface area contributed by atoms with Gasteiger partial charge in [0, 0.05) is 29.3 Å². The lowest BCUT2D eigenvalue weighted by Crippen LogP contribution is -2.07. The van der Waals surface area contributed by atoms with Crippen LogP contribution < -0.4 is 0 Å². The van der Waals surface area contributed by atoms with Gasteiger partial charge in [-0.05, 0) is 17.7 Å². The Labute approximate surface area is 126 Å². The molecular weight excluding hydrogens is 320 g/mol. The molecule has 1 aromatic heterocycles. The fourth-order valence-electron chi connectivity index (χ4n) is 2.06. The first-order valence-corrected chi connectivity index (χ1v) is 7.20. The van der Waals surface area contributed by atoms with Gasteiger partial charge < -0.3 is 9.30 Å². The van der Waals surface area contributed by atoms with Gasteiger partial charge in [-0.1, -0.05) is 35.8 Å². The number of benzene rings is 1. The molecule has 4 nitrogen and oxygen atoms in total. The molecule has 0 fully saturated rings. The van der Waals surface area contributed by atoms with Crippen LogP contribution in [0.3, 0.4) is 0 Å². The van der Waals surface area contributed by atoms with Crippen LogP contribution in [-0.2, 0) is 11.3 Å². The first kappa shape index (κ1) is 14.8. The van der Waals surface area contributed by atoms with Crippen LogP contribution in [0.15, 0.2) is 35.1 Å². The summed E-state index contributed by atoms with van der Waals surface area (Å²) in [6.45, 7) is 4.96. The number of ether oxygens (including phenoxy) is 1. The molecule has 5 heteroatoms. The molecule has 0 unspecified atom stereocenters. The predicted octanol–water partition coefficient (Wildman–Crippen LogP) is 3.60. The molecule has 106 valence electrons. The molecule has 0 aliphatic carbocycles. The highest BCUT2D eigenvalue weighted by atomic mass is 79.9. The van der Waals surface area contributed by atoms with Crippen LogP contribution in [-0.4, -0.2) is 22.6 Å². The minimum atomic E-state index is -0.331. The van der Waals surface area contributed by atoms with Gasteiger partial charge >= 0.3 is 5.97 Å². The number of methoxy groups -OCH3 is 1. The van der Waals surface area contributed by atoms with Crippen LogP contribution in [0.2, 0.25) is 0 Å². The first-order valence-electron chi connectivity index (χ1n) is 6.40. The van der Waals surface area contributed by atoms with E-state index in [1.165, 1.54) is 7.11 Å². The summed E-state index contributed by atoms with van der Waals surface area (Å²) in [5, 5.41) is 0. The van der Waals surface area contributed by atoms with E-state index in [1.54, 1.807) is 12.1 Å². The van der Waals surface area contributed by atoms with Gasteiger partial charge in [0.15, 0.2) is 0 Å². The van der Waals surface area contributed by atoms with E-state index in [0.717, 1.165) is 22.4 Å². The Morgan fingerprint density at radius 3 is 2.80 bits per heavy atom. The van der Waals surface area contributed by atoms with Crippen LogP contribution >= 0.6 is 15.9 Å². The molecule has 0 radical (unpaired) electrons. The lowest BCUT2D eigenvalue weighted by atomic mass is 10.1. The standard InChI is InChI=1S/C15H17BrN2O2/c1-10(2)14-17-6-7-18(14)9-12-5-4-11(8-13(12)16)15(19)20-3/h4-8,10H,9H2,1-3H3. The number of esters is 1. The quantitative estimate of drug-likeness (QED) is 0.801. The van der Waals surface area contributed by atoms with Crippen molar-refractivity contribution in [2.24, 2.45) is 0 Å². The van der Waals surface area contributed by atoms with Crippen LogP contribution in [0.4, 0.5) is 0 Å². The van der Waals surface area contributed by atoms with E-state index < -0.39 is 0 Å². The summed E-state index contributed by atoms with van der Waals surface area (Å²) in [7, 11) is 1.38. The van der Waals surface area contributed by atoms with E-state index in [9.17, 15) is 4.79 Å². The molecular formula is C15H17BrN2O2. The maximum absolute atomic E-state index is 11.5. The zero-order chi connectivity index (χ0) is 14.7. The summed E-state index contributed by atoms with van der Waals surface area (Å²) >= 11 is 3.51. The maximum Gasteiger partial charge on any atom is 0.337 e. The lowest BCUT2D eigenvalue weighted by molar-refractivity contribution is 0.0600. The smallest absolute Gasteiger partial charge is 0.337 e. The van der Waals surface area contributed by atoms with E-state index in [2.05, 4.69) is 39.3 Å². The number of nitrogens with zero attached hydrogens (tertiary/aromatic N) is 2. The second-order valence-corrected chi connectivity index (χ2v) is 5.72. The summed E-state index contributed by atoms with van der Waals surface area (Å²) in [6.07, 6.45) is 3.78. The second-order valence-electron chi connectivity index (χ2n) is 4.87. The molecule has 20 heavy (non-hydrogen) atoms. The molecule has 1 aromatic carbocycles. The highest BCUT2D eigenvalue weighted by Crippen LogP contribution is 2.22. The zero-order valence-corrected chi connectivity index (χ0v) is 13.3. The highest BCUT2D eigenvalue weighted by molar-refractivity contribution is 9.10. The number of aromatic nitrogens is 2. The van der Waals surface area contributed by atoms with Crippen molar-refractivity contribution in [1.29, 1.82) is 0 Å². The van der Waals surface area contributed by atoms with Crippen LogP contribution in [0.5, 0.6) is 0 Å². The lowest BCUT2D eigenvalue weighted by Gasteiger charge is -2.12. The molecule has 0 bridgehead atoms. The number of imidazole rings is 1. The Bertz CT molecular complexity index is 620. The number of carbonyl (C=O) groups is 1. The van der Waals surface area contributed by atoms with E-state index >= 15 is 0 Å². The monoisotopic (exact) mass is 336 g/mol. The van der Waals surface area contributed by atoms with Crippen molar-refractivity contribution in [2.45, 2.75) is 26.3 Å². The van der Waals surface area contributed by atoms with E-state index in [1.807, 2.05) is 18.5 Å². The van der Waals surface area contributed by atoms with Gasteiger partial charge in [-0.3, -0.25) is 0 Å². The minimum Gasteiger partial charge on any atom is -0.465 e. The van der Waals surface area contributed by atoms with Gasteiger partial charge in [-0.25, -0.2) is 9.78 Å². The number of rotatable bonds is 4. The topological polar surface area (TPSA) is 44.1 Å². The molecule has 0 saturated carbocycles. The molecule has 1 heterocycles. The fourth-order valence-corrected chi connectivity index (χ4v) is 2.56. The summed E-state index contributed by atoms with van der Waals surface area (Å²) in [6, 6.07) is 5.49. The van der Waals surface area contributed by atoms with Crippen LogP contribution in [0.25, 0.3) is 0 Å². The van der Waals surface area contributed by atoms with Crippen LogP contribution in [0.1, 0.15) is 41.5 Å². The Balaban J connectivity index is 2.26. The summed E-state index contributed by atoms with van der Waals surface area (Å²) in [5.41, 5.74) is 1.63. The molecule has 0 atom stereocenters. The third kappa shape index (κ3) is 3.10. The third-order valence-electron chi connectivity index (χ3n) is 3.08. The summed E-state index contributed by atoms with van der Waals surface area (Å²) in [4.78, 5) is 15.9. The molecule has 2 rings (SSSR count). The fraction of sp³-hybridized carbons (Fsp3) is 0.333. The SMILES string of the molecule is COC(=O)c1ccc(Cn2ccnc2C(C)C)c(Br)c1. The average Bonchev–Trinajstić information content (AvgIpc) is 2.88. The van der Waals surface area contributed by atoms with Gasteiger partial charge in [0.25, 0.3) is 0 Å². The largest absolute Gasteiger partial charge is 0.465 e. The average molecular weight is 337 g/mol. The number of carbonyl (C=O) groups excluding carboxylic acids is 1. The van der Waals surface area contributed by atoms with E-state index in [4.69, 9.17) is 4.74 Å². The Morgan fingerprint density at radius 2 is 2.20 bits per heavy atom. The zero-order valence-electron chi connectivity index (χ0n) is 11.8. The van der Waals surface area contributed by atoms with Gasteiger partial charge in [0.1, 0.15) is 5.82 Å². The van der Waals surface area contributed by atoms with Crippen molar-refractivity contribution >= 4 is 21.9 Å². The Hall–Kier alpha value is -1.62. The maximum atomic E-state index is 11.5. The van der Waals surface area contributed by atoms with Gasteiger partial charge in [-0.2, -0.15) is 0 Å². The molecule has 0 saturated heterocycles. The van der Waals surface area contributed by atoms with E-state index in [-0.39, 0.29) is 5.97 Å². The van der Waals surface area contributed by atoms with Crippen LogP contribution in [0, 0.1) is 0 Å². The number of hydrogen-bond donors (Lipinski definition) is 0. The van der Waals surface area contributed by atoms with Crippen molar-refractivity contribution < 1.29 is 9.53 Å². The molecule has 0 amide bonds. The molecule has 0 N–H and O–H groups in total. The Morgan fingerprint density at radius 1 is 1.45 bits per heavy atom. The molecule has 0 spiro atoms. The predicted molar refractivity (Wildman–Crippen MR) is 80.9 cm³/mol. The normalized spacial score (nSPS) is 10.8. The van der Waals surface area contributed by atoms with Gasteiger partial charge in [0.2, 0.25) is 0 Å². The van der Waals surface area contributed by atoms with Crippen molar-refractivity contribution in [3.8, 4) is 0 Å². The van der Waals surface area contributed by atoms with Crippen molar-refractivity contribution in [1.82, 2.24) is 9.55 Å². The third-order valence-corrected chi connectivity index (χ3v) is 3.82. The number of hydrogen-bond acceptors (Lipinski definition) is 3. The van der Waals surface area contributed by atoms with E-state index in [0.29, 0.717) is 11.5 Å². The van der Waals surface area contributed by atoms with Crippen molar-refractivity contribution in [3.63, 3.8) is 0 Å². The Kier molecular flexibility index (Phi) is 4.60. The van der Waals surface area contributed by atoms with Gasteiger partial charge in [-0.15, -0.1) is 0 Å². The first-order chi connectivity index (χ1) is 9.52. The highest BCUT2D eigenvalue weighted by Gasteiger charge is 2.11. The minimum absolute atomic E-state index is 0.331. The van der Waals surface area contributed by atoms with Crippen molar-refractivity contribution in [2.75, 3.05) is 7.11 Å². The molecule has 0 aliphatic rings. The molecule has 2 aromatic rings. The number of halogens is 1. The van der Waals surface area contributed by atoms with Gasteiger partial charge in [0.05, 0.1) is 12.7 Å².